The molecule has 1 heterocycles. The van der Waals surface area contributed by atoms with E-state index in [-0.39, 0.29) is 24.4 Å². The zero-order chi connectivity index (χ0) is 17.7. The molecule has 0 saturated heterocycles. The second kappa shape index (κ2) is 7.70. The molecule has 0 atom stereocenters. The number of carbonyl (C=O) groups excluding carboxylic acids is 1. The lowest BCUT2D eigenvalue weighted by Crippen LogP contribution is -2.26. The minimum absolute atomic E-state index is 0.0378. The normalized spacial score (nSPS) is 11.3. The number of hydrogen-bond donors (Lipinski definition) is 2. The number of thiazole rings is 1. The van der Waals surface area contributed by atoms with Crippen molar-refractivity contribution in [2.24, 2.45) is 0 Å². The Morgan fingerprint density at radius 2 is 2.17 bits per heavy atom. The van der Waals surface area contributed by atoms with Gasteiger partial charge in [-0.05, 0) is 36.3 Å². The molecule has 0 aliphatic carbocycles. The van der Waals surface area contributed by atoms with E-state index in [1.807, 2.05) is 25.1 Å². The van der Waals surface area contributed by atoms with Crippen LogP contribution in [0.5, 0.6) is 0 Å². The Morgan fingerprint density at radius 3 is 2.83 bits per heavy atom. The van der Waals surface area contributed by atoms with Crippen LogP contribution in [0.15, 0.2) is 54.7 Å². The van der Waals surface area contributed by atoms with E-state index in [9.17, 15) is 9.59 Å². The Kier molecular flexibility index (Phi) is 5.65. The van der Waals surface area contributed by atoms with Crippen LogP contribution in [0.3, 0.4) is 0 Å². The minimum Gasteiger partial charge on any atom is -0.478 e. The van der Waals surface area contributed by atoms with Crippen LogP contribution in [-0.4, -0.2) is 28.5 Å². The van der Waals surface area contributed by atoms with E-state index in [1.54, 1.807) is 0 Å². The number of aryl methyl sites for hydroxylation is 1. The number of aliphatic carboxylic acids is 1. The lowest BCUT2D eigenvalue weighted by molar-refractivity contribution is -0.132. The maximum atomic E-state index is 12.0. The van der Waals surface area contributed by atoms with Crippen molar-refractivity contribution in [1.82, 2.24) is 10.3 Å². The van der Waals surface area contributed by atoms with Gasteiger partial charge in [-0.25, -0.2) is 9.78 Å². The van der Waals surface area contributed by atoms with Gasteiger partial charge in [-0.15, -0.1) is 11.3 Å². The SMILES string of the molecule is C=C/C(=C\C(=C)CNC(=O)Cc1nc2cc(C)ccc2s1)C(=O)O. The summed E-state index contributed by atoms with van der Waals surface area (Å²) in [7, 11) is 0. The first-order chi connectivity index (χ1) is 11.4. The molecule has 2 aromatic rings. The van der Waals surface area contributed by atoms with Crippen LogP contribution in [0.2, 0.25) is 0 Å². The topological polar surface area (TPSA) is 79.3 Å². The van der Waals surface area contributed by atoms with E-state index in [1.165, 1.54) is 23.5 Å². The van der Waals surface area contributed by atoms with Crippen LogP contribution in [0, 0.1) is 6.92 Å². The van der Waals surface area contributed by atoms with Gasteiger partial charge in [0.25, 0.3) is 0 Å². The maximum Gasteiger partial charge on any atom is 0.335 e. The molecule has 2 N–H and O–H groups in total. The summed E-state index contributed by atoms with van der Waals surface area (Å²) in [4.78, 5) is 27.3. The molecule has 1 aromatic heterocycles. The van der Waals surface area contributed by atoms with E-state index in [0.29, 0.717) is 5.57 Å². The Hall–Kier alpha value is -2.73. The average molecular weight is 342 g/mol. The standard InChI is InChI=1S/C18H18N2O3S/c1-4-13(18(22)23)7-12(3)10-19-16(21)9-17-20-14-8-11(2)5-6-15(14)24-17/h4-8H,1,3,9-10H2,2H3,(H,19,21)(H,22,23)/b13-7+. The zero-order valence-corrected chi connectivity index (χ0v) is 14.2. The van der Waals surface area contributed by atoms with Crippen LogP contribution < -0.4 is 5.32 Å². The Morgan fingerprint density at radius 1 is 1.42 bits per heavy atom. The van der Waals surface area contributed by atoms with Crippen molar-refractivity contribution in [3.63, 3.8) is 0 Å². The van der Waals surface area contributed by atoms with Crippen LogP contribution >= 0.6 is 11.3 Å². The molecule has 0 radical (unpaired) electrons. The summed E-state index contributed by atoms with van der Waals surface area (Å²) >= 11 is 1.49. The largest absolute Gasteiger partial charge is 0.478 e. The quantitative estimate of drug-likeness (QED) is 0.599. The number of nitrogens with zero attached hydrogens (tertiary/aromatic N) is 1. The van der Waals surface area contributed by atoms with E-state index < -0.39 is 5.97 Å². The smallest absolute Gasteiger partial charge is 0.335 e. The minimum atomic E-state index is -1.08. The highest BCUT2D eigenvalue weighted by Gasteiger charge is 2.09. The van der Waals surface area contributed by atoms with Crippen molar-refractivity contribution in [2.45, 2.75) is 13.3 Å². The molecule has 2 rings (SSSR count). The van der Waals surface area contributed by atoms with Crippen LogP contribution in [0.1, 0.15) is 10.6 Å². The number of aromatic nitrogens is 1. The number of nitrogens with one attached hydrogen (secondary N) is 1. The molecule has 24 heavy (non-hydrogen) atoms. The average Bonchev–Trinajstić information content (AvgIpc) is 2.91. The molecule has 5 nitrogen and oxygen atoms in total. The molecule has 6 heteroatoms. The zero-order valence-electron chi connectivity index (χ0n) is 13.3. The second-order valence-corrected chi connectivity index (χ2v) is 6.41. The van der Waals surface area contributed by atoms with Gasteiger partial charge in [0.1, 0.15) is 5.01 Å². The van der Waals surface area contributed by atoms with Gasteiger partial charge in [-0.3, -0.25) is 4.79 Å². The van der Waals surface area contributed by atoms with Crippen LogP contribution in [0.4, 0.5) is 0 Å². The lowest BCUT2D eigenvalue weighted by atomic mass is 10.1. The Balaban J connectivity index is 1.94. The van der Waals surface area contributed by atoms with Gasteiger partial charge in [-0.2, -0.15) is 0 Å². The number of carbonyl (C=O) groups is 2. The second-order valence-electron chi connectivity index (χ2n) is 5.30. The van der Waals surface area contributed by atoms with Gasteiger partial charge < -0.3 is 10.4 Å². The molecule has 0 spiro atoms. The highest BCUT2D eigenvalue weighted by Crippen LogP contribution is 2.23. The fourth-order valence-electron chi connectivity index (χ4n) is 2.05. The molecule has 0 saturated carbocycles. The highest BCUT2D eigenvalue weighted by molar-refractivity contribution is 7.18. The summed E-state index contributed by atoms with van der Waals surface area (Å²) in [5.41, 5.74) is 2.55. The van der Waals surface area contributed by atoms with E-state index >= 15 is 0 Å². The molecule has 1 amide bonds. The van der Waals surface area contributed by atoms with Crippen molar-refractivity contribution in [3.05, 3.63) is 65.2 Å². The first kappa shape index (κ1) is 17.6. The van der Waals surface area contributed by atoms with Crippen molar-refractivity contribution in [3.8, 4) is 0 Å². The van der Waals surface area contributed by atoms with E-state index in [2.05, 4.69) is 23.5 Å². The Bertz CT molecular complexity index is 849. The number of fused-ring (bicyclic) bond motifs is 1. The number of carboxylic acids is 1. The van der Waals surface area contributed by atoms with Gasteiger partial charge in [0.2, 0.25) is 5.91 Å². The van der Waals surface area contributed by atoms with Gasteiger partial charge in [-0.1, -0.05) is 25.3 Å². The molecule has 0 aliphatic rings. The number of benzene rings is 1. The molecule has 1 aromatic carbocycles. The summed E-state index contributed by atoms with van der Waals surface area (Å²) in [5.74, 6) is -1.27. The molecule has 0 fully saturated rings. The number of carboxylic acid groups (broad SMARTS) is 1. The first-order valence-corrected chi connectivity index (χ1v) is 8.08. The van der Waals surface area contributed by atoms with Crippen LogP contribution in [0.25, 0.3) is 10.2 Å². The van der Waals surface area contributed by atoms with Crippen molar-refractivity contribution >= 4 is 33.4 Å². The maximum absolute atomic E-state index is 12.0. The predicted molar refractivity (Wildman–Crippen MR) is 96.1 cm³/mol. The molecular formula is C18H18N2O3S. The number of amides is 1. The summed E-state index contributed by atoms with van der Waals surface area (Å²) in [6.45, 7) is 9.33. The van der Waals surface area contributed by atoms with Gasteiger partial charge in [0.05, 0.1) is 22.2 Å². The number of rotatable bonds is 7. The third kappa shape index (κ3) is 4.63. The summed E-state index contributed by atoms with van der Waals surface area (Å²) in [6.07, 6.45) is 2.80. The van der Waals surface area contributed by atoms with E-state index in [0.717, 1.165) is 20.8 Å². The van der Waals surface area contributed by atoms with Crippen LogP contribution in [-0.2, 0) is 16.0 Å². The summed E-state index contributed by atoms with van der Waals surface area (Å²) < 4.78 is 1.05. The molecular weight excluding hydrogens is 324 g/mol. The summed E-state index contributed by atoms with van der Waals surface area (Å²) in [5, 5.41) is 12.4. The van der Waals surface area contributed by atoms with Crippen molar-refractivity contribution < 1.29 is 14.7 Å². The molecule has 0 bridgehead atoms. The number of hydrogen-bond acceptors (Lipinski definition) is 4. The molecule has 0 aliphatic heterocycles. The Labute approximate surface area is 144 Å². The monoisotopic (exact) mass is 342 g/mol. The molecule has 124 valence electrons. The molecule has 0 unspecified atom stereocenters. The van der Waals surface area contributed by atoms with Gasteiger partial charge in [0.15, 0.2) is 0 Å². The first-order valence-electron chi connectivity index (χ1n) is 7.27. The van der Waals surface area contributed by atoms with Gasteiger partial charge in [0, 0.05) is 6.54 Å². The van der Waals surface area contributed by atoms with Gasteiger partial charge >= 0.3 is 5.97 Å². The summed E-state index contributed by atoms with van der Waals surface area (Å²) in [6, 6.07) is 6.00. The third-order valence-electron chi connectivity index (χ3n) is 3.24. The predicted octanol–water partition coefficient (Wildman–Crippen LogP) is 3.02. The third-order valence-corrected chi connectivity index (χ3v) is 4.27. The van der Waals surface area contributed by atoms with Crippen molar-refractivity contribution in [2.75, 3.05) is 6.54 Å². The fraction of sp³-hybridized carbons (Fsp3) is 0.167. The fourth-order valence-corrected chi connectivity index (χ4v) is 3.00. The lowest BCUT2D eigenvalue weighted by Gasteiger charge is -2.04. The van der Waals surface area contributed by atoms with Crippen molar-refractivity contribution in [1.29, 1.82) is 0 Å². The van der Waals surface area contributed by atoms with E-state index in [4.69, 9.17) is 5.11 Å². The highest BCUT2D eigenvalue weighted by atomic mass is 32.1.